The third kappa shape index (κ3) is 4.25. The highest BCUT2D eigenvalue weighted by atomic mass is 16.5. The quantitative estimate of drug-likeness (QED) is 0.719. The van der Waals surface area contributed by atoms with Gasteiger partial charge in [-0.25, -0.2) is 15.0 Å². The van der Waals surface area contributed by atoms with E-state index in [1.54, 1.807) is 18.6 Å². The van der Waals surface area contributed by atoms with Crippen LogP contribution in [0.5, 0.6) is 5.88 Å². The van der Waals surface area contributed by atoms with E-state index in [1.807, 2.05) is 18.2 Å². The van der Waals surface area contributed by atoms with Gasteiger partial charge in [0.1, 0.15) is 17.7 Å². The van der Waals surface area contributed by atoms with E-state index in [-0.39, 0.29) is 6.10 Å². The van der Waals surface area contributed by atoms with E-state index in [9.17, 15) is 0 Å². The number of hydrogen-bond acceptors (Lipinski definition) is 7. The number of likely N-dealkylation sites (tertiary alicyclic amines) is 1. The fraction of sp³-hybridized carbons (Fsp3) is 0.350. The van der Waals surface area contributed by atoms with Crippen molar-refractivity contribution in [2.45, 2.75) is 25.5 Å². The second-order valence-corrected chi connectivity index (χ2v) is 6.97. The van der Waals surface area contributed by atoms with Crippen LogP contribution in [0.1, 0.15) is 18.4 Å². The van der Waals surface area contributed by atoms with Gasteiger partial charge in [0, 0.05) is 31.2 Å². The SMILES string of the molecule is CN1CCC(Oc2cnc(NCc3ccc4c(N)nccc4c3)cn2)CC1. The minimum atomic E-state index is 0.230. The van der Waals surface area contributed by atoms with E-state index in [1.165, 1.54) is 0 Å². The maximum atomic E-state index is 5.93. The Labute approximate surface area is 158 Å². The summed E-state index contributed by atoms with van der Waals surface area (Å²) >= 11 is 0. The Morgan fingerprint density at radius 2 is 2.00 bits per heavy atom. The molecule has 2 aromatic heterocycles. The lowest BCUT2D eigenvalue weighted by Gasteiger charge is -2.28. The van der Waals surface area contributed by atoms with E-state index in [4.69, 9.17) is 10.5 Å². The normalized spacial score (nSPS) is 15.7. The zero-order chi connectivity index (χ0) is 18.6. The van der Waals surface area contributed by atoms with Gasteiger partial charge >= 0.3 is 0 Å². The molecule has 1 aromatic carbocycles. The van der Waals surface area contributed by atoms with Crippen molar-refractivity contribution in [1.82, 2.24) is 19.9 Å². The van der Waals surface area contributed by atoms with Crippen molar-refractivity contribution in [3.63, 3.8) is 0 Å². The molecule has 0 atom stereocenters. The molecule has 0 bridgehead atoms. The first kappa shape index (κ1) is 17.5. The van der Waals surface area contributed by atoms with Crippen LogP contribution in [0.4, 0.5) is 11.6 Å². The number of pyridine rings is 1. The highest BCUT2D eigenvalue weighted by Crippen LogP contribution is 2.21. The first-order chi connectivity index (χ1) is 13.2. The highest BCUT2D eigenvalue weighted by Gasteiger charge is 2.18. The molecule has 0 unspecified atom stereocenters. The summed E-state index contributed by atoms with van der Waals surface area (Å²) in [6.45, 7) is 2.78. The predicted molar refractivity (Wildman–Crippen MR) is 107 cm³/mol. The lowest BCUT2D eigenvalue weighted by molar-refractivity contribution is 0.109. The van der Waals surface area contributed by atoms with Crippen molar-refractivity contribution in [3.8, 4) is 5.88 Å². The average molecular weight is 364 g/mol. The monoisotopic (exact) mass is 364 g/mol. The van der Waals surface area contributed by atoms with Crippen LogP contribution in [0, 0.1) is 0 Å². The summed E-state index contributed by atoms with van der Waals surface area (Å²) in [6, 6.07) is 8.10. The molecule has 3 N–H and O–H groups in total. The summed E-state index contributed by atoms with van der Waals surface area (Å²) in [5.41, 5.74) is 7.04. The number of benzene rings is 1. The van der Waals surface area contributed by atoms with Crippen LogP contribution in [-0.4, -0.2) is 46.1 Å². The molecule has 0 aliphatic carbocycles. The Kier molecular flexibility index (Phi) is 5.02. The van der Waals surface area contributed by atoms with E-state index in [0.717, 1.165) is 48.1 Å². The number of nitrogens with two attached hydrogens (primary N) is 1. The number of nitrogens with one attached hydrogen (secondary N) is 1. The molecule has 7 heteroatoms. The molecule has 4 rings (SSSR count). The number of anilines is 2. The largest absolute Gasteiger partial charge is 0.473 e. The molecule has 0 radical (unpaired) electrons. The molecule has 1 saturated heterocycles. The molecule has 0 spiro atoms. The molecule has 1 fully saturated rings. The number of nitrogen functional groups attached to an aromatic ring is 1. The molecule has 7 nitrogen and oxygen atoms in total. The Morgan fingerprint density at radius 1 is 1.15 bits per heavy atom. The fourth-order valence-corrected chi connectivity index (χ4v) is 3.30. The van der Waals surface area contributed by atoms with Crippen LogP contribution in [-0.2, 0) is 6.54 Å². The summed E-state index contributed by atoms with van der Waals surface area (Å²) in [5.74, 6) is 1.86. The van der Waals surface area contributed by atoms with Crippen molar-refractivity contribution < 1.29 is 4.74 Å². The number of piperidine rings is 1. The topological polar surface area (TPSA) is 89.2 Å². The van der Waals surface area contributed by atoms with Crippen LogP contribution in [0.2, 0.25) is 0 Å². The van der Waals surface area contributed by atoms with Crippen LogP contribution in [0.3, 0.4) is 0 Å². The third-order valence-electron chi connectivity index (χ3n) is 4.91. The summed E-state index contributed by atoms with van der Waals surface area (Å²) in [5, 5.41) is 5.34. The van der Waals surface area contributed by atoms with Gasteiger partial charge in [-0.15, -0.1) is 0 Å². The Balaban J connectivity index is 1.35. The van der Waals surface area contributed by atoms with Crippen molar-refractivity contribution >= 4 is 22.4 Å². The molecule has 1 aliphatic heterocycles. The number of aromatic nitrogens is 3. The lowest BCUT2D eigenvalue weighted by Crippen LogP contribution is -2.35. The smallest absolute Gasteiger partial charge is 0.232 e. The van der Waals surface area contributed by atoms with Crippen molar-refractivity contribution in [2.75, 3.05) is 31.2 Å². The van der Waals surface area contributed by atoms with Crippen molar-refractivity contribution in [3.05, 3.63) is 48.4 Å². The van der Waals surface area contributed by atoms with E-state index in [0.29, 0.717) is 18.2 Å². The Morgan fingerprint density at radius 3 is 2.78 bits per heavy atom. The number of fused-ring (bicyclic) bond motifs is 1. The summed E-state index contributed by atoms with van der Waals surface area (Å²) in [6.07, 6.45) is 7.42. The standard InChI is InChI=1S/C20H24N6O/c1-26-8-5-16(6-9-26)27-19-13-24-18(12-25-19)23-11-14-2-3-17-15(10-14)4-7-22-20(17)21/h2-4,7,10,12-13,16H,5-6,8-9,11H2,1H3,(H2,21,22)(H,23,24). The van der Waals surface area contributed by atoms with E-state index >= 15 is 0 Å². The molecule has 3 aromatic rings. The number of rotatable bonds is 5. The zero-order valence-corrected chi connectivity index (χ0v) is 15.4. The summed E-state index contributed by atoms with van der Waals surface area (Å²) in [7, 11) is 2.14. The molecule has 1 aliphatic rings. The van der Waals surface area contributed by atoms with Crippen LogP contribution in [0.25, 0.3) is 10.8 Å². The number of nitrogens with zero attached hydrogens (tertiary/aromatic N) is 4. The molecule has 27 heavy (non-hydrogen) atoms. The van der Waals surface area contributed by atoms with Gasteiger partial charge in [-0.05, 0) is 43.0 Å². The Bertz CT molecular complexity index is 906. The second kappa shape index (κ2) is 7.75. The van der Waals surface area contributed by atoms with Gasteiger partial charge in [0.25, 0.3) is 0 Å². The highest BCUT2D eigenvalue weighted by molar-refractivity contribution is 5.91. The molecular weight excluding hydrogens is 340 g/mol. The maximum Gasteiger partial charge on any atom is 0.232 e. The van der Waals surface area contributed by atoms with Gasteiger partial charge in [-0.1, -0.05) is 12.1 Å². The molecular formula is C20H24N6O. The maximum absolute atomic E-state index is 5.93. The number of hydrogen-bond donors (Lipinski definition) is 2. The van der Waals surface area contributed by atoms with Crippen LogP contribution in [0.15, 0.2) is 42.9 Å². The van der Waals surface area contributed by atoms with Gasteiger partial charge in [0.2, 0.25) is 5.88 Å². The average Bonchev–Trinajstić information content (AvgIpc) is 2.69. The summed E-state index contributed by atoms with van der Waals surface area (Å²) in [4.78, 5) is 15.2. The van der Waals surface area contributed by atoms with Crippen LogP contribution < -0.4 is 15.8 Å². The van der Waals surface area contributed by atoms with E-state index in [2.05, 4.69) is 38.3 Å². The van der Waals surface area contributed by atoms with Gasteiger partial charge < -0.3 is 20.7 Å². The van der Waals surface area contributed by atoms with E-state index < -0.39 is 0 Å². The van der Waals surface area contributed by atoms with Gasteiger partial charge in [-0.3, -0.25) is 0 Å². The molecule has 3 heterocycles. The van der Waals surface area contributed by atoms with Crippen molar-refractivity contribution in [2.24, 2.45) is 0 Å². The van der Waals surface area contributed by atoms with Gasteiger partial charge in [0.15, 0.2) is 0 Å². The third-order valence-corrected chi connectivity index (χ3v) is 4.91. The minimum absolute atomic E-state index is 0.230. The Hall–Kier alpha value is -2.93. The zero-order valence-electron chi connectivity index (χ0n) is 15.4. The van der Waals surface area contributed by atoms with Crippen LogP contribution >= 0.6 is 0 Å². The van der Waals surface area contributed by atoms with Gasteiger partial charge in [-0.2, -0.15) is 0 Å². The predicted octanol–water partition coefficient (Wildman–Crippen LogP) is 2.69. The molecule has 140 valence electrons. The minimum Gasteiger partial charge on any atom is -0.473 e. The van der Waals surface area contributed by atoms with Gasteiger partial charge in [0.05, 0.1) is 12.4 Å². The number of ether oxygens (including phenoxy) is 1. The molecule has 0 amide bonds. The first-order valence-electron chi connectivity index (χ1n) is 9.21. The second-order valence-electron chi connectivity index (χ2n) is 6.97. The lowest BCUT2D eigenvalue weighted by atomic mass is 10.1. The first-order valence-corrected chi connectivity index (χ1v) is 9.21. The summed E-state index contributed by atoms with van der Waals surface area (Å²) < 4.78 is 5.93. The molecule has 0 saturated carbocycles. The fourth-order valence-electron chi connectivity index (χ4n) is 3.30. The van der Waals surface area contributed by atoms with Crippen molar-refractivity contribution in [1.29, 1.82) is 0 Å².